The number of rotatable bonds is 14. The second-order valence-electron chi connectivity index (χ2n) is 18.3. The highest BCUT2D eigenvalue weighted by atomic mass is 19.4. The normalized spacial score (nSPS) is 12.3. The molecule has 422 valence electrons. The SMILES string of the molecule is CC(=O)Nc1cc(C(c2ccc(C)c(NC(=O)c3ccc(Oc4ccc(C(=O)Nc5cc(C(c6ccc(C)c(NC(=O)c7ccc(C(C)=O)cc7)c6)(C(F)(F)F)C(F)(F)F)ccc5O)cc4)cc3)c2)(C(F)(F)F)C(F)(F)F)ccc1O. The van der Waals surface area contributed by atoms with Crippen molar-refractivity contribution in [2.24, 2.45) is 0 Å². The predicted molar refractivity (Wildman–Crippen MR) is 272 cm³/mol. The van der Waals surface area contributed by atoms with Crippen molar-refractivity contribution in [2.75, 3.05) is 21.3 Å². The Bertz CT molecular complexity index is 3550. The lowest BCUT2D eigenvalue weighted by Crippen LogP contribution is -2.54. The third-order valence-corrected chi connectivity index (χ3v) is 13.0. The van der Waals surface area contributed by atoms with Crippen LogP contribution in [0.5, 0.6) is 23.0 Å². The molecule has 0 saturated heterocycles. The lowest BCUT2D eigenvalue weighted by Gasteiger charge is -2.39. The molecule has 7 aromatic carbocycles. The molecule has 7 aromatic rings. The van der Waals surface area contributed by atoms with Gasteiger partial charge in [0.2, 0.25) is 16.7 Å². The molecule has 0 bridgehead atoms. The van der Waals surface area contributed by atoms with Crippen LogP contribution < -0.4 is 26.0 Å². The number of halogens is 12. The number of anilines is 4. The van der Waals surface area contributed by atoms with Gasteiger partial charge in [0.15, 0.2) is 5.78 Å². The van der Waals surface area contributed by atoms with Gasteiger partial charge in [-0.05, 0) is 151 Å². The van der Waals surface area contributed by atoms with Crippen LogP contribution in [0.2, 0.25) is 0 Å². The number of aryl methyl sites for hydroxylation is 2. The number of phenols is 2. The Morgan fingerprint density at radius 2 is 0.642 bits per heavy atom. The van der Waals surface area contributed by atoms with Gasteiger partial charge in [-0.3, -0.25) is 24.0 Å². The number of hydrogen-bond acceptors (Lipinski definition) is 8. The Balaban J connectivity index is 1.08. The van der Waals surface area contributed by atoms with Crippen molar-refractivity contribution in [3.05, 3.63) is 201 Å². The van der Waals surface area contributed by atoms with E-state index in [1.165, 1.54) is 81.4 Å². The number of amides is 4. The number of carbonyl (C=O) groups is 5. The second-order valence-corrected chi connectivity index (χ2v) is 18.3. The highest BCUT2D eigenvalue weighted by molar-refractivity contribution is 6.07. The van der Waals surface area contributed by atoms with Crippen molar-refractivity contribution in [1.29, 1.82) is 0 Å². The molecule has 81 heavy (non-hydrogen) atoms. The molecule has 0 aliphatic heterocycles. The summed E-state index contributed by atoms with van der Waals surface area (Å²) in [4.78, 5) is 63.2. The zero-order valence-corrected chi connectivity index (χ0v) is 42.2. The molecule has 0 aliphatic rings. The number of ketones is 1. The summed E-state index contributed by atoms with van der Waals surface area (Å²) in [6.07, 6.45) is -24.4. The van der Waals surface area contributed by atoms with E-state index in [4.69, 9.17) is 4.74 Å². The molecule has 12 nitrogen and oxygen atoms in total. The van der Waals surface area contributed by atoms with Gasteiger partial charge >= 0.3 is 24.7 Å². The first-order valence-electron chi connectivity index (χ1n) is 23.6. The number of ether oxygens (including phenoxy) is 1. The number of benzene rings is 7. The minimum absolute atomic E-state index is 0.0244. The van der Waals surface area contributed by atoms with Gasteiger partial charge in [0.05, 0.1) is 11.4 Å². The fraction of sp³-hybridized carbons (Fsp3) is 0.175. The fourth-order valence-corrected chi connectivity index (χ4v) is 8.80. The maximum absolute atomic E-state index is 15.3. The monoisotopic (exact) mass is 1140 g/mol. The highest BCUT2D eigenvalue weighted by Crippen LogP contribution is 2.59. The van der Waals surface area contributed by atoms with Crippen molar-refractivity contribution < 1.29 is 91.6 Å². The second kappa shape index (κ2) is 22.1. The van der Waals surface area contributed by atoms with E-state index in [-0.39, 0.29) is 50.7 Å². The number of nitrogens with one attached hydrogen (secondary N) is 4. The number of Topliss-reactive ketones (excluding diaryl/α,β-unsaturated/α-hetero) is 1. The minimum Gasteiger partial charge on any atom is -0.506 e. The van der Waals surface area contributed by atoms with Crippen LogP contribution in [0.3, 0.4) is 0 Å². The summed E-state index contributed by atoms with van der Waals surface area (Å²) in [5.74, 6) is -5.93. The summed E-state index contributed by atoms with van der Waals surface area (Å²) in [7, 11) is 0. The molecule has 0 heterocycles. The average molecular weight is 1140 g/mol. The molecule has 7 rings (SSSR count). The van der Waals surface area contributed by atoms with E-state index in [0.29, 0.717) is 60.7 Å². The molecular weight excluding hydrogens is 1100 g/mol. The van der Waals surface area contributed by atoms with Gasteiger partial charge in [-0.2, -0.15) is 52.7 Å². The zero-order chi connectivity index (χ0) is 59.8. The topological polar surface area (TPSA) is 183 Å². The molecule has 0 fully saturated rings. The summed E-state index contributed by atoms with van der Waals surface area (Å²) >= 11 is 0. The van der Waals surface area contributed by atoms with E-state index in [1.54, 1.807) is 0 Å². The summed E-state index contributed by atoms with van der Waals surface area (Å²) in [5, 5.41) is 29.5. The van der Waals surface area contributed by atoms with Crippen LogP contribution in [0.15, 0.2) is 146 Å². The van der Waals surface area contributed by atoms with E-state index in [2.05, 4.69) is 16.0 Å². The Kier molecular flexibility index (Phi) is 16.2. The molecular formula is C57H42F12N4O8. The first-order chi connectivity index (χ1) is 37.7. The van der Waals surface area contributed by atoms with Gasteiger partial charge in [0.1, 0.15) is 23.0 Å². The third-order valence-electron chi connectivity index (χ3n) is 13.0. The molecule has 0 radical (unpaired) electrons. The molecule has 0 aromatic heterocycles. The standard InChI is InChI=1S/C57H42F12N4O8/c1-29-6-16-38(26-43(29)71-49(78)34-9-7-33(8-10-34)31(3)74)53(56(64,65)66,57(67,68)69)40-18-24-48(77)46(28-40)73-51(80)36-13-21-42(22-14-36)81-41-19-11-35(12-20-41)50(79)72-44-25-37(15-5-30(44)2)52(54(58,59)60,55(61,62)63)39-17-23-47(76)45(27-39)70-32(4)75/h5-28,76-77H,1-4H3,(H,70,75)(H,71,78)(H,72,79)(H,73,80). The van der Waals surface area contributed by atoms with Crippen LogP contribution in [-0.2, 0) is 15.6 Å². The van der Waals surface area contributed by atoms with Gasteiger partial charge in [-0.1, -0.05) is 48.5 Å². The zero-order valence-electron chi connectivity index (χ0n) is 42.2. The number of hydrogen-bond donors (Lipinski definition) is 6. The molecule has 0 saturated carbocycles. The minimum atomic E-state index is -6.14. The molecule has 4 amide bonds. The summed E-state index contributed by atoms with van der Waals surface area (Å²) in [6, 6.07) is 21.2. The van der Waals surface area contributed by atoms with Gasteiger partial charge in [-0.25, -0.2) is 0 Å². The van der Waals surface area contributed by atoms with Crippen LogP contribution in [0, 0.1) is 13.8 Å². The van der Waals surface area contributed by atoms with Crippen LogP contribution in [0.4, 0.5) is 75.4 Å². The smallest absolute Gasteiger partial charge is 0.411 e. The lowest BCUT2D eigenvalue weighted by molar-refractivity contribution is -0.290. The van der Waals surface area contributed by atoms with Crippen molar-refractivity contribution >= 4 is 52.2 Å². The first-order valence-corrected chi connectivity index (χ1v) is 23.6. The molecule has 0 spiro atoms. The fourth-order valence-electron chi connectivity index (χ4n) is 8.80. The number of phenolic OH excluding ortho intramolecular Hbond substituents is 2. The molecule has 0 atom stereocenters. The molecule has 0 aliphatic carbocycles. The molecule has 0 unspecified atom stereocenters. The number of aromatic hydroxyl groups is 2. The average Bonchev–Trinajstić information content (AvgIpc) is 3.58. The van der Waals surface area contributed by atoms with Gasteiger partial charge in [0.25, 0.3) is 17.7 Å². The summed E-state index contributed by atoms with van der Waals surface area (Å²) < 4.78 is 188. The number of alkyl halides is 12. The van der Waals surface area contributed by atoms with E-state index in [9.17, 15) is 34.2 Å². The Morgan fingerprint density at radius 3 is 0.951 bits per heavy atom. The maximum atomic E-state index is 15.3. The van der Waals surface area contributed by atoms with E-state index in [1.807, 2.05) is 5.32 Å². The van der Waals surface area contributed by atoms with Crippen LogP contribution in [0.1, 0.15) is 88.7 Å². The molecule has 6 N–H and O–H groups in total. The van der Waals surface area contributed by atoms with Crippen molar-refractivity contribution in [3.63, 3.8) is 0 Å². The first kappa shape index (κ1) is 59.3. The Hall–Kier alpha value is -9.35. The van der Waals surface area contributed by atoms with Crippen LogP contribution in [-0.4, -0.2) is 64.3 Å². The quantitative estimate of drug-likeness (QED) is 0.0353. The third kappa shape index (κ3) is 11.7. The van der Waals surface area contributed by atoms with E-state index < -0.39 is 116 Å². The Morgan fingerprint density at radius 1 is 0.370 bits per heavy atom. The van der Waals surface area contributed by atoms with Crippen molar-refractivity contribution in [3.8, 4) is 23.0 Å². The number of carbonyl (C=O) groups excluding carboxylic acids is 5. The largest absolute Gasteiger partial charge is 0.506 e. The summed E-state index contributed by atoms with van der Waals surface area (Å²) in [6.45, 7) is 4.82. The van der Waals surface area contributed by atoms with Crippen molar-refractivity contribution in [2.45, 2.75) is 63.2 Å². The molecule has 24 heteroatoms. The highest BCUT2D eigenvalue weighted by Gasteiger charge is 2.74. The van der Waals surface area contributed by atoms with E-state index in [0.717, 1.165) is 31.2 Å². The van der Waals surface area contributed by atoms with Gasteiger partial charge in [-0.15, -0.1) is 0 Å². The van der Waals surface area contributed by atoms with E-state index >= 15 is 52.7 Å². The maximum Gasteiger partial charge on any atom is 0.411 e. The Labute approximate surface area is 451 Å². The van der Waals surface area contributed by atoms with Gasteiger partial charge in [0, 0.05) is 40.6 Å². The van der Waals surface area contributed by atoms with Gasteiger partial charge < -0.3 is 36.2 Å². The van der Waals surface area contributed by atoms with Crippen LogP contribution in [0.25, 0.3) is 0 Å². The lowest BCUT2D eigenvalue weighted by atomic mass is 9.72. The summed E-state index contributed by atoms with van der Waals surface area (Å²) in [5.41, 5.74) is -17.8. The van der Waals surface area contributed by atoms with Crippen LogP contribution >= 0.6 is 0 Å². The van der Waals surface area contributed by atoms with Crippen molar-refractivity contribution in [1.82, 2.24) is 0 Å². The predicted octanol–water partition coefficient (Wildman–Crippen LogP) is 14.2.